The summed E-state index contributed by atoms with van der Waals surface area (Å²) in [5.41, 5.74) is 0.885. The molecule has 14 heavy (non-hydrogen) atoms. The van der Waals surface area contributed by atoms with Crippen molar-refractivity contribution in [1.82, 2.24) is 10.3 Å². The number of ether oxygens (including phenoxy) is 1. The third kappa shape index (κ3) is 2.60. The van der Waals surface area contributed by atoms with Crippen molar-refractivity contribution in [3.05, 3.63) is 24.6 Å². The van der Waals surface area contributed by atoms with E-state index >= 15 is 0 Å². The van der Waals surface area contributed by atoms with Crippen LogP contribution in [0.3, 0.4) is 0 Å². The average molecular weight is 194 g/mol. The van der Waals surface area contributed by atoms with Gasteiger partial charge < -0.3 is 14.5 Å². The van der Waals surface area contributed by atoms with E-state index < -0.39 is 0 Å². The molecule has 1 aromatic rings. The van der Waals surface area contributed by atoms with Crippen molar-refractivity contribution in [2.75, 3.05) is 6.61 Å². The fourth-order valence-corrected chi connectivity index (χ4v) is 1.10. The molecule has 4 heteroatoms. The van der Waals surface area contributed by atoms with E-state index in [0.717, 1.165) is 12.2 Å². The molecule has 0 radical (unpaired) electrons. The van der Waals surface area contributed by atoms with Crippen LogP contribution in [0.25, 0.3) is 0 Å². The SMILES string of the molecule is C=CCOc1nc(CNC2CC2)co1. The third-order valence-electron chi connectivity index (χ3n) is 2.00. The van der Waals surface area contributed by atoms with Crippen LogP contribution >= 0.6 is 0 Å². The van der Waals surface area contributed by atoms with Crippen LogP contribution in [0, 0.1) is 0 Å². The van der Waals surface area contributed by atoms with E-state index in [-0.39, 0.29) is 0 Å². The Morgan fingerprint density at radius 3 is 3.29 bits per heavy atom. The number of hydrogen-bond donors (Lipinski definition) is 1. The summed E-state index contributed by atoms with van der Waals surface area (Å²) in [5, 5.41) is 3.34. The molecular weight excluding hydrogens is 180 g/mol. The van der Waals surface area contributed by atoms with Crippen LogP contribution in [0.2, 0.25) is 0 Å². The topological polar surface area (TPSA) is 47.3 Å². The first kappa shape index (κ1) is 9.27. The molecule has 4 nitrogen and oxygen atoms in total. The van der Waals surface area contributed by atoms with Crippen LogP contribution < -0.4 is 10.1 Å². The second kappa shape index (κ2) is 4.28. The molecule has 0 aliphatic heterocycles. The van der Waals surface area contributed by atoms with Crippen LogP contribution in [0.1, 0.15) is 18.5 Å². The number of oxazole rings is 1. The molecule has 1 aliphatic carbocycles. The van der Waals surface area contributed by atoms with Gasteiger partial charge in [0.2, 0.25) is 0 Å². The normalized spacial score (nSPS) is 15.4. The number of hydrogen-bond acceptors (Lipinski definition) is 4. The molecule has 1 fully saturated rings. The smallest absolute Gasteiger partial charge is 0.394 e. The van der Waals surface area contributed by atoms with Gasteiger partial charge in [-0.1, -0.05) is 12.7 Å². The molecule has 76 valence electrons. The van der Waals surface area contributed by atoms with Crippen molar-refractivity contribution in [3.8, 4) is 6.08 Å². The fraction of sp³-hybridized carbons (Fsp3) is 0.500. The maximum absolute atomic E-state index is 5.13. The van der Waals surface area contributed by atoms with Crippen molar-refractivity contribution >= 4 is 0 Å². The molecule has 2 rings (SSSR count). The van der Waals surface area contributed by atoms with Crippen molar-refractivity contribution in [1.29, 1.82) is 0 Å². The van der Waals surface area contributed by atoms with E-state index in [9.17, 15) is 0 Å². The largest absolute Gasteiger partial charge is 0.446 e. The second-order valence-electron chi connectivity index (χ2n) is 3.36. The van der Waals surface area contributed by atoms with Gasteiger partial charge in [-0.2, -0.15) is 4.98 Å². The van der Waals surface area contributed by atoms with Crippen LogP contribution in [0.4, 0.5) is 0 Å². The summed E-state index contributed by atoms with van der Waals surface area (Å²) in [6.07, 6.45) is 6.15. The van der Waals surface area contributed by atoms with Gasteiger partial charge in [0.15, 0.2) is 0 Å². The van der Waals surface area contributed by atoms with Crippen LogP contribution in [-0.4, -0.2) is 17.6 Å². The zero-order chi connectivity index (χ0) is 9.80. The molecule has 1 heterocycles. The van der Waals surface area contributed by atoms with Gasteiger partial charge in [-0.05, 0) is 12.8 Å². The molecule has 0 saturated heterocycles. The quantitative estimate of drug-likeness (QED) is 0.697. The summed E-state index contributed by atoms with van der Waals surface area (Å²) in [6, 6.07) is 0.684. The summed E-state index contributed by atoms with van der Waals surface area (Å²) in [4.78, 5) is 4.15. The van der Waals surface area contributed by atoms with E-state index in [1.165, 1.54) is 12.8 Å². The van der Waals surface area contributed by atoms with Crippen molar-refractivity contribution < 1.29 is 9.15 Å². The lowest BCUT2D eigenvalue weighted by Gasteiger charge is -1.96. The minimum atomic E-state index is 0.317. The summed E-state index contributed by atoms with van der Waals surface area (Å²) in [6.45, 7) is 4.73. The molecule has 1 saturated carbocycles. The van der Waals surface area contributed by atoms with Crippen molar-refractivity contribution in [2.24, 2.45) is 0 Å². The highest BCUT2D eigenvalue weighted by molar-refractivity contribution is 5.00. The first-order valence-corrected chi connectivity index (χ1v) is 4.80. The monoisotopic (exact) mass is 194 g/mol. The average Bonchev–Trinajstić information content (AvgIpc) is 2.92. The Morgan fingerprint density at radius 2 is 2.57 bits per heavy atom. The first-order chi connectivity index (χ1) is 6.88. The molecule has 1 N–H and O–H groups in total. The highest BCUT2D eigenvalue weighted by atomic mass is 16.6. The summed E-state index contributed by atoms with van der Waals surface area (Å²) >= 11 is 0. The molecule has 1 aromatic heterocycles. The van der Waals surface area contributed by atoms with E-state index in [2.05, 4.69) is 16.9 Å². The summed E-state index contributed by atoms with van der Waals surface area (Å²) in [5.74, 6) is 0. The lowest BCUT2D eigenvalue weighted by molar-refractivity contribution is 0.258. The lowest BCUT2D eigenvalue weighted by Crippen LogP contribution is -2.15. The predicted molar refractivity (Wildman–Crippen MR) is 52.1 cm³/mol. The van der Waals surface area contributed by atoms with Gasteiger partial charge in [-0.3, -0.25) is 0 Å². The second-order valence-corrected chi connectivity index (χ2v) is 3.36. The minimum Gasteiger partial charge on any atom is -0.446 e. The summed E-state index contributed by atoms with van der Waals surface area (Å²) < 4.78 is 10.2. The highest BCUT2D eigenvalue weighted by Gasteiger charge is 2.20. The minimum absolute atomic E-state index is 0.317. The maximum atomic E-state index is 5.13. The van der Waals surface area contributed by atoms with E-state index in [1.54, 1.807) is 12.3 Å². The fourth-order valence-electron chi connectivity index (χ4n) is 1.10. The predicted octanol–water partition coefficient (Wildman–Crippen LogP) is 1.49. The van der Waals surface area contributed by atoms with Gasteiger partial charge in [0.1, 0.15) is 12.9 Å². The number of nitrogens with one attached hydrogen (secondary N) is 1. The molecule has 0 amide bonds. The molecule has 0 unspecified atom stereocenters. The Kier molecular flexibility index (Phi) is 2.84. The maximum Gasteiger partial charge on any atom is 0.394 e. The van der Waals surface area contributed by atoms with Crippen LogP contribution in [0.5, 0.6) is 6.08 Å². The van der Waals surface area contributed by atoms with Gasteiger partial charge >= 0.3 is 6.08 Å². The van der Waals surface area contributed by atoms with Gasteiger partial charge in [0.05, 0.1) is 5.69 Å². The standard InChI is InChI=1S/C10H14N2O2/c1-2-5-13-10-12-9(7-14-10)6-11-8-3-4-8/h2,7-8,11H,1,3-6H2. The van der Waals surface area contributed by atoms with Gasteiger partial charge in [0, 0.05) is 12.6 Å². The molecule has 1 aliphatic rings. The Labute approximate surface area is 83.0 Å². The van der Waals surface area contributed by atoms with Crippen LogP contribution in [-0.2, 0) is 6.54 Å². The Bertz CT molecular complexity index is 305. The number of aromatic nitrogens is 1. The lowest BCUT2D eigenvalue weighted by atomic mass is 10.5. The number of nitrogens with zero attached hydrogens (tertiary/aromatic N) is 1. The molecule has 0 spiro atoms. The van der Waals surface area contributed by atoms with Crippen molar-refractivity contribution in [2.45, 2.75) is 25.4 Å². The van der Waals surface area contributed by atoms with Gasteiger partial charge in [-0.15, -0.1) is 0 Å². The molecule has 0 atom stereocenters. The highest BCUT2D eigenvalue weighted by Crippen LogP contribution is 2.19. The van der Waals surface area contributed by atoms with Crippen LogP contribution in [0.15, 0.2) is 23.3 Å². The molecule has 0 aromatic carbocycles. The van der Waals surface area contributed by atoms with E-state index in [1.807, 2.05) is 0 Å². The summed E-state index contributed by atoms with van der Waals surface area (Å²) in [7, 11) is 0. The molecular formula is C10H14N2O2. The Morgan fingerprint density at radius 1 is 1.71 bits per heavy atom. The van der Waals surface area contributed by atoms with Gasteiger partial charge in [0.25, 0.3) is 0 Å². The first-order valence-electron chi connectivity index (χ1n) is 4.80. The molecule has 0 bridgehead atoms. The zero-order valence-electron chi connectivity index (χ0n) is 8.03. The zero-order valence-corrected chi connectivity index (χ0v) is 8.03. The van der Waals surface area contributed by atoms with E-state index in [4.69, 9.17) is 9.15 Å². The van der Waals surface area contributed by atoms with E-state index in [0.29, 0.717) is 18.7 Å². The van der Waals surface area contributed by atoms with Crippen molar-refractivity contribution in [3.63, 3.8) is 0 Å². The Balaban J connectivity index is 1.78. The van der Waals surface area contributed by atoms with Gasteiger partial charge in [-0.25, -0.2) is 0 Å². The number of rotatable bonds is 6. The Hall–Kier alpha value is -1.29. The third-order valence-corrected chi connectivity index (χ3v) is 2.00.